The zero-order valence-electron chi connectivity index (χ0n) is 10.8. The molecule has 2 nitrogen and oxygen atoms in total. The Labute approximate surface area is 99.0 Å². The molecule has 0 saturated carbocycles. The van der Waals surface area contributed by atoms with Crippen LogP contribution in [0.3, 0.4) is 0 Å². The molecular formula is C14H23NO. The molecule has 1 rings (SSSR count). The molecule has 1 aromatic carbocycles. The quantitative estimate of drug-likeness (QED) is 0.796. The predicted molar refractivity (Wildman–Crippen MR) is 69.0 cm³/mol. The van der Waals surface area contributed by atoms with E-state index in [4.69, 9.17) is 4.74 Å². The first-order valence-corrected chi connectivity index (χ1v) is 6.04. The van der Waals surface area contributed by atoms with Gasteiger partial charge in [-0.15, -0.1) is 0 Å². The molecular weight excluding hydrogens is 198 g/mol. The second kappa shape index (κ2) is 6.54. The highest BCUT2D eigenvalue weighted by Crippen LogP contribution is 2.14. The number of hydrogen-bond donors (Lipinski definition) is 1. The van der Waals surface area contributed by atoms with Crippen LogP contribution in [0.1, 0.15) is 32.8 Å². The predicted octanol–water partition coefficient (Wildman–Crippen LogP) is 3.15. The summed E-state index contributed by atoms with van der Waals surface area (Å²) in [5, 5.41) is 3.39. The molecule has 0 aliphatic carbocycles. The van der Waals surface area contributed by atoms with E-state index in [1.807, 2.05) is 12.1 Å². The fraction of sp³-hybridized carbons (Fsp3) is 0.571. The second-order valence-electron chi connectivity index (χ2n) is 4.64. The minimum atomic E-state index is 0.258. The molecule has 0 fully saturated rings. The lowest BCUT2D eigenvalue weighted by atomic mass is 10.2. The van der Waals surface area contributed by atoms with Gasteiger partial charge in [-0.25, -0.2) is 0 Å². The van der Waals surface area contributed by atoms with Gasteiger partial charge in [0.25, 0.3) is 0 Å². The first kappa shape index (κ1) is 13.0. The van der Waals surface area contributed by atoms with Crippen LogP contribution in [-0.4, -0.2) is 18.7 Å². The number of ether oxygens (including phenoxy) is 1. The van der Waals surface area contributed by atoms with Crippen LogP contribution in [0.4, 0.5) is 0 Å². The third kappa shape index (κ3) is 5.17. The summed E-state index contributed by atoms with van der Waals surface area (Å²) < 4.78 is 5.81. The normalized spacial score (nSPS) is 12.8. The van der Waals surface area contributed by atoms with Crippen molar-refractivity contribution in [1.82, 2.24) is 5.32 Å². The van der Waals surface area contributed by atoms with Gasteiger partial charge in [0.15, 0.2) is 0 Å². The van der Waals surface area contributed by atoms with Crippen molar-refractivity contribution < 1.29 is 4.74 Å². The standard InChI is InChI=1S/C14H23NO/c1-11(2)15-10-9-13(4)16-14-7-5-12(3)6-8-14/h5-8,11,13,15H,9-10H2,1-4H3. The Morgan fingerprint density at radius 1 is 1.12 bits per heavy atom. The van der Waals surface area contributed by atoms with Gasteiger partial charge in [0.2, 0.25) is 0 Å². The van der Waals surface area contributed by atoms with Gasteiger partial charge < -0.3 is 10.1 Å². The second-order valence-corrected chi connectivity index (χ2v) is 4.64. The summed E-state index contributed by atoms with van der Waals surface area (Å²) in [6.45, 7) is 9.52. The SMILES string of the molecule is Cc1ccc(OC(C)CCNC(C)C)cc1. The molecule has 0 bridgehead atoms. The van der Waals surface area contributed by atoms with Gasteiger partial charge in [-0.2, -0.15) is 0 Å². The lowest BCUT2D eigenvalue weighted by molar-refractivity contribution is 0.209. The zero-order chi connectivity index (χ0) is 12.0. The van der Waals surface area contributed by atoms with Crippen LogP contribution in [-0.2, 0) is 0 Å². The smallest absolute Gasteiger partial charge is 0.119 e. The molecule has 0 aliphatic rings. The van der Waals surface area contributed by atoms with E-state index in [-0.39, 0.29) is 6.10 Å². The molecule has 0 aromatic heterocycles. The van der Waals surface area contributed by atoms with Crippen molar-refractivity contribution in [2.24, 2.45) is 0 Å². The van der Waals surface area contributed by atoms with Crippen LogP contribution in [0.5, 0.6) is 5.75 Å². The summed E-state index contributed by atoms with van der Waals surface area (Å²) in [6.07, 6.45) is 1.29. The van der Waals surface area contributed by atoms with Crippen LogP contribution in [0.25, 0.3) is 0 Å². The maximum Gasteiger partial charge on any atom is 0.119 e. The van der Waals surface area contributed by atoms with Gasteiger partial charge in [-0.1, -0.05) is 31.5 Å². The molecule has 1 unspecified atom stereocenters. The molecule has 90 valence electrons. The average molecular weight is 221 g/mol. The summed E-state index contributed by atoms with van der Waals surface area (Å²) in [5.41, 5.74) is 1.27. The first-order chi connectivity index (χ1) is 7.58. The van der Waals surface area contributed by atoms with E-state index < -0.39 is 0 Å². The average Bonchev–Trinajstić information content (AvgIpc) is 2.21. The Morgan fingerprint density at radius 3 is 2.31 bits per heavy atom. The molecule has 2 heteroatoms. The number of hydrogen-bond acceptors (Lipinski definition) is 2. The van der Waals surface area contributed by atoms with Gasteiger partial charge >= 0.3 is 0 Å². The molecule has 1 atom stereocenters. The van der Waals surface area contributed by atoms with Crippen molar-refractivity contribution in [3.05, 3.63) is 29.8 Å². The van der Waals surface area contributed by atoms with Crippen LogP contribution >= 0.6 is 0 Å². The monoisotopic (exact) mass is 221 g/mol. The Bertz CT molecular complexity index is 292. The summed E-state index contributed by atoms with van der Waals surface area (Å²) in [7, 11) is 0. The van der Waals surface area contributed by atoms with E-state index in [0.29, 0.717) is 6.04 Å². The maximum atomic E-state index is 5.81. The summed E-state index contributed by atoms with van der Waals surface area (Å²) >= 11 is 0. The van der Waals surface area contributed by atoms with E-state index in [1.54, 1.807) is 0 Å². The van der Waals surface area contributed by atoms with Crippen molar-refractivity contribution >= 4 is 0 Å². The number of nitrogens with one attached hydrogen (secondary N) is 1. The third-order valence-corrected chi connectivity index (χ3v) is 2.46. The Hall–Kier alpha value is -1.02. The van der Waals surface area contributed by atoms with Crippen molar-refractivity contribution in [2.45, 2.75) is 46.3 Å². The Kier molecular flexibility index (Phi) is 5.33. The van der Waals surface area contributed by atoms with Gasteiger partial charge in [0.1, 0.15) is 5.75 Å². The molecule has 0 heterocycles. The lowest BCUT2D eigenvalue weighted by Gasteiger charge is -2.16. The highest BCUT2D eigenvalue weighted by molar-refractivity contribution is 5.26. The highest BCUT2D eigenvalue weighted by atomic mass is 16.5. The van der Waals surface area contributed by atoms with E-state index in [1.165, 1.54) is 5.56 Å². The molecule has 0 radical (unpaired) electrons. The topological polar surface area (TPSA) is 21.3 Å². The van der Waals surface area contributed by atoms with Crippen LogP contribution < -0.4 is 10.1 Å². The molecule has 0 amide bonds. The Morgan fingerprint density at radius 2 is 1.75 bits per heavy atom. The van der Waals surface area contributed by atoms with E-state index in [2.05, 4.69) is 45.1 Å². The van der Waals surface area contributed by atoms with Crippen molar-refractivity contribution in [3.63, 3.8) is 0 Å². The largest absolute Gasteiger partial charge is 0.491 e. The maximum absolute atomic E-state index is 5.81. The minimum absolute atomic E-state index is 0.258. The third-order valence-electron chi connectivity index (χ3n) is 2.46. The van der Waals surface area contributed by atoms with Gasteiger partial charge in [-0.05, 0) is 38.9 Å². The lowest BCUT2D eigenvalue weighted by Crippen LogP contribution is -2.27. The van der Waals surface area contributed by atoms with Crippen LogP contribution in [0.15, 0.2) is 24.3 Å². The summed E-state index contributed by atoms with van der Waals surface area (Å²) in [5.74, 6) is 0.961. The van der Waals surface area contributed by atoms with E-state index >= 15 is 0 Å². The molecule has 16 heavy (non-hydrogen) atoms. The summed E-state index contributed by atoms with van der Waals surface area (Å²) in [6, 6.07) is 8.76. The van der Waals surface area contributed by atoms with Gasteiger partial charge in [0, 0.05) is 6.04 Å². The van der Waals surface area contributed by atoms with E-state index in [9.17, 15) is 0 Å². The fourth-order valence-corrected chi connectivity index (χ4v) is 1.48. The van der Waals surface area contributed by atoms with Gasteiger partial charge in [-0.3, -0.25) is 0 Å². The Balaban J connectivity index is 2.28. The molecule has 0 saturated heterocycles. The number of aryl methyl sites for hydroxylation is 1. The molecule has 0 aliphatic heterocycles. The molecule has 1 aromatic rings. The number of rotatable bonds is 6. The minimum Gasteiger partial charge on any atom is -0.491 e. The molecule has 1 N–H and O–H groups in total. The first-order valence-electron chi connectivity index (χ1n) is 6.04. The van der Waals surface area contributed by atoms with Crippen molar-refractivity contribution in [1.29, 1.82) is 0 Å². The zero-order valence-corrected chi connectivity index (χ0v) is 10.8. The van der Waals surface area contributed by atoms with Crippen LogP contribution in [0.2, 0.25) is 0 Å². The van der Waals surface area contributed by atoms with Crippen molar-refractivity contribution in [2.75, 3.05) is 6.54 Å². The number of benzene rings is 1. The molecule has 0 spiro atoms. The van der Waals surface area contributed by atoms with Gasteiger partial charge in [0.05, 0.1) is 6.10 Å². The highest BCUT2D eigenvalue weighted by Gasteiger charge is 2.03. The fourth-order valence-electron chi connectivity index (χ4n) is 1.48. The summed E-state index contributed by atoms with van der Waals surface area (Å²) in [4.78, 5) is 0. The van der Waals surface area contributed by atoms with Crippen molar-refractivity contribution in [3.8, 4) is 5.75 Å². The van der Waals surface area contributed by atoms with E-state index in [0.717, 1.165) is 18.7 Å². The van der Waals surface area contributed by atoms with Crippen LogP contribution in [0, 0.1) is 6.92 Å².